The number of fused-ring (bicyclic) bond motifs is 1. The molecule has 3 heterocycles. The molecule has 0 unspecified atom stereocenters. The van der Waals surface area contributed by atoms with Crippen LogP contribution < -0.4 is 10.6 Å². The standard InChI is InChI=1S/C17H25N5O2/c1-10-14(11(2)21-20-10)6-19-16(24)17-8-18-5-13(17)7-22(9-17)15(23)12-3-4-12/h12-13,18H,3-9H2,1-2H3,(H,19,24)(H,20,21)/t13-,17-/m1/s1. The smallest absolute Gasteiger partial charge is 0.229 e. The molecule has 3 N–H and O–H groups in total. The highest BCUT2D eigenvalue weighted by Gasteiger charge is 2.56. The molecule has 1 aromatic heterocycles. The second kappa shape index (κ2) is 5.58. The Morgan fingerprint density at radius 3 is 2.83 bits per heavy atom. The number of aryl methyl sites for hydroxylation is 2. The quantitative estimate of drug-likeness (QED) is 0.730. The number of rotatable bonds is 4. The van der Waals surface area contributed by atoms with Gasteiger partial charge in [0, 0.05) is 55.8 Å². The van der Waals surface area contributed by atoms with Gasteiger partial charge >= 0.3 is 0 Å². The summed E-state index contributed by atoms with van der Waals surface area (Å²) < 4.78 is 0. The molecule has 2 amide bonds. The molecule has 24 heavy (non-hydrogen) atoms. The van der Waals surface area contributed by atoms with Gasteiger partial charge in [-0.1, -0.05) is 0 Å². The molecule has 4 rings (SSSR count). The number of carbonyl (C=O) groups is 2. The van der Waals surface area contributed by atoms with Crippen LogP contribution in [0.3, 0.4) is 0 Å². The molecule has 0 bridgehead atoms. The SMILES string of the molecule is Cc1n[nH]c(C)c1CNC(=O)[C@@]12CNC[C@@H]1CN(C(=O)C1CC1)C2. The number of H-pyrrole nitrogens is 1. The fourth-order valence-corrected chi connectivity index (χ4v) is 4.18. The molecule has 1 saturated carbocycles. The minimum atomic E-state index is -0.476. The maximum Gasteiger partial charge on any atom is 0.229 e. The molecule has 3 fully saturated rings. The van der Waals surface area contributed by atoms with Gasteiger partial charge in [-0.15, -0.1) is 0 Å². The second-order valence-corrected chi connectivity index (χ2v) is 7.57. The lowest BCUT2D eigenvalue weighted by atomic mass is 9.80. The van der Waals surface area contributed by atoms with E-state index in [0.29, 0.717) is 26.2 Å². The Labute approximate surface area is 141 Å². The molecular formula is C17H25N5O2. The Balaban J connectivity index is 1.46. The van der Waals surface area contributed by atoms with Crippen molar-refractivity contribution in [1.29, 1.82) is 0 Å². The third kappa shape index (κ3) is 2.42. The van der Waals surface area contributed by atoms with E-state index in [2.05, 4.69) is 20.8 Å². The summed E-state index contributed by atoms with van der Waals surface area (Å²) >= 11 is 0. The molecule has 0 radical (unpaired) electrons. The van der Waals surface area contributed by atoms with Crippen LogP contribution in [0.15, 0.2) is 0 Å². The number of carbonyl (C=O) groups excluding carboxylic acids is 2. The number of hydrogen-bond acceptors (Lipinski definition) is 4. The lowest BCUT2D eigenvalue weighted by Crippen LogP contribution is -2.47. The second-order valence-electron chi connectivity index (χ2n) is 7.57. The number of amides is 2. The van der Waals surface area contributed by atoms with E-state index in [0.717, 1.165) is 36.3 Å². The Kier molecular flexibility index (Phi) is 3.63. The maximum absolute atomic E-state index is 13.0. The van der Waals surface area contributed by atoms with Gasteiger partial charge < -0.3 is 15.5 Å². The number of aromatic nitrogens is 2. The zero-order valence-electron chi connectivity index (χ0n) is 14.3. The highest BCUT2D eigenvalue weighted by Crippen LogP contribution is 2.42. The summed E-state index contributed by atoms with van der Waals surface area (Å²) in [6, 6.07) is 0. The zero-order chi connectivity index (χ0) is 16.9. The van der Waals surface area contributed by atoms with Crippen LogP contribution in [0.4, 0.5) is 0 Å². The van der Waals surface area contributed by atoms with Gasteiger partial charge in [0.15, 0.2) is 0 Å². The maximum atomic E-state index is 13.0. The first-order chi connectivity index (χ1) is 11.5. The van der Waals surface area contributed by atoms with Crippen molar-refractivity contribution in [3.05, 3.63) is 17.0 Å². The number of hydrogen-bond donors (Lipinski definition) is 3. The molecule has 1 aromatic rings. The van der Waals surface area contributed by atoms with Crippen LogP contribution in [0.5, 0.6) is 0 Å². The van der Waals surface area contributed by atoms with Gasteiger partial charge in [0.05, 0.1) is 11.1 Å². The van der Waals surface area contributed by atoms with Crippen LogP contribution in [0.1, 0.15) is 29.8 Å². The summed E-state index contributed by atoms with van der Waals surface area (Å²) in [5.74, 6) is 0.738. The van der Waals surface area contributed by atoms with Crippen molar-refractivity contribution in [2.75, 3.05) is 26.2 Å². The van der Waals surface area contributed by atoms with E-state index in [1.807, 2.05) is 18.7 Å². The summed E-state index contributed by atoms with van der Waals surface area (Å²) in [7, 11) is 0. The summed E-state index contributed by atoms with van der Waals surface area (Å²) in [4.78, 5) is 27.3. The molecule has 3 aliphatic rings. The average Bonchev–Trinajstić information content (AvgIpc) is 3.11. The van der Waals surface area contributed by atoms with Crippen molar-refractivity contribution in [3.63, 3.8) is 0 Å². The Morgan fingerprint density at radius 1 is 1.38 bits per heavy atom. The molecule has 0 spiro atoms. The monoisotopic (exact) mass is 331 g/mol. The van der Waals surface area contributed by atoms with Crippen molar-refractivity contribution >= 4 is 11.8 Å². The lowest BCUT2D eigenvalue weighted by Gasteiger charge is -2.26. The lowest BCUT2D eigenvalue weighted by molar-refractivity contribution is -0.134. The predicted octanol–water partition coefficient (Wildman–Crippen LogP) is 0.101. The van der Waals surface area contributed by atoms with Crippen LogP contribution in [-0.2, 0) is 16.1 Å². The van der Waals surface area contributed by atoms with E-state index in [4.69, 9.17) is 0 Å². The van der Waals surface area contributed by atoms with Gasteiger partial charge in [-0.2, -0.15) is 5.10 Å². The number of likely N-dealkylation sites (tertiary alicyclic amines) is 1. The highest BCUT2D eigenvalue weighted by atomic mass is 16.2. The van der Waals surface area contributed by atoms with Gasteiger partial charge in [-0.25, -0.2) is 0 Å². The van der Waals surface area contributed by atoms with Crippen LogP contribution in [0.2, 0.25) is 0 Å². The molecule has 7 heteroatoms. The third-order valence-corrected chi connectivity index (χ3v) is 5.92. The summed E-state index contributed by atoms with van der Waals surface area (Å²) in [5.41, 5.74) is 2.48. The van der Waals surface area contributed by atoms with E-state index in [-0.39, 0.29) is 23.7 Å². The van der Waals surface area contributed by atoms with E-state index in [1.165, 1.54) is 0 Å². The molecule has 1 aliphatic carbocycles. The van der Waals surface area contributed by atoms with Gasteiger partial charge in [0.2, 0.25) is 11.8 Å². The van der Waals surface area contributed by atoms with E-state index in [1.54, 1.807) is 0 Å². The van der Waals surface area contributed by atoms with Gasteiger partial charge in [-0.05, 0) is 26.7 Å². The number of aromatic amines is 1. The predicted molar refractivity (Wildman–Crippen MR) is 88.0 cm³/mol. The van der Waals surface area contributed by atoms with Crippen molar-refractivity contribution < 1.29 is 9.59 Å². The third-order valence-electron chi connectivity index (χ3n) is 5.92. The van der Waals surface area contributed by atoms with Crippen molar-refractivity contribution in [2.45, 2.75) is 33.2 Å². The van der Waals surface area contributed by atoms with Crippen molar-refractivity contribution in [3.8, 4) is 0 Å². The Bertz CT molecular complexity index is 661. The molecule has 7 nitrogen and oxygen atoms in total. The largest absolute Gasteiger partial charge is 0.351 e. The summed E-state index contributed by atoms with van der Waals surface area (Å²) in [5, 5.41) is 13.6. The van der Waals surface area contributed by atoms with Crippen LogP contribution in [-0.4, -0.2) is 53.1 Å². The van der Waals surface area contributed by atoms with Gasteiger partial charge in [-0.3, -0.25) is 14.7 Å². The first kappa shape index (κ1) is 15.6. The fraction of sp³-hybridized carbons (Fsp3) is 0.706. The fourth-order valence-electron chi connectivity index (χ4n) is 4.18. The average molecular weight is 331 g/mol. The van der Waals surface area contributed by atoms with Gasteiger partial charge in [0.1, 0.15) is 0 Å². The molecule has 2 aliphatic heterocycles. The molecule has 2 atom stereocenters. The number of nitrogens with one attached hydrogen (secondary N) is 3. The Morgan fingerprint density at radius 2 is 2.17 bits per heavy atom. The minimum Gasteiger partial charge on any atom is -0.351 e. The first-order valence-electron chi connectivity index (χ1n) is 8.79. The normalized spacial score (nSPS) is 28.9. The molecular weight excluding hydrogens is 306 g/mol. The molecule has 2 saturated heterocycles. The number of nitrogens with zero attached hydrogens (tertiary/aromatic N) is 2. The first-order valence-corrected chi connectivity index (χ1v) is 8.79. The zero-order valence-corrected chi connectivity index (χ0v) is 14.3. The van der Waals surface area contributed by atoms with Gasteiger partial charge in [0.25, 0.3) is 0 Å². The van der Waals surface area contributed by atoms with E-state index in [9.17, 15) is 9.59 Å². The molecule has 0 aromatic carbocycles. The summed E-state index contributed by atoms with van der Waals surface area (Å²) in [6.07, 6.45) is 2.02. The van der Waals surface area contributed by atoms with Crippen molar-refractivity contribution in [1.82, 2.24) is 25.7 Å². The van der Waals surface area contributed by atoms with E-state index >= 15 is 0 Å². The topological polar surface area (TPSA) is 90.1 Å². The van der Waals surface area contributed by atoms with Crippen LogP contribution in [0.25, 0.3) is 0 Å². The minimum absolute atomic E-state index is 0.0589. The molecule has 130 valence electrons. The summed E-state index contributed by atoms with van der Waals surface area (Å²) in [6.45, 7) is 7.11. The van der Waals surface area contributed by atoms with Crippen LogP contribution in [0, 0.1) is 31.1 Å². The Hall–Kier alpha value is -1.89. The highest BCUT2D eigenvalue weighted by molar-refractivity contribution is 5.87. The van der Waals surface area contributed by atoms with E-state index < -0.39 is 5.41 Å². The van der Waals surface area contributed by atoms with Crippen molar-refractivity contribution in [2.24, 2.45) is 17.3 Å². The van der Waals surface area contributed by atoms with Crippen LogP contribution >= 0.6 is 0 Å².